The standard InChI is InChI=1S/C15H21N5O/c1-10-9-11(2)19-15(18-10)20-14(16)17-8-7-12-3-5-13(21)6-4-12/h3-6,9,14,17,21H,7-8,16H2,1-2H3,(H,18,19,20). The molecule has 21 heavy (non-hydrogen) atoms. The van der Waals surface area contributed by atoms with Gasteiger partial charge in [0, 0.05) is 17.9 Å². The van der Waals surface area contributed by atoms with Crippen LogP contribution in [0.25, 0.3) is 0 Å². The third-order valence-corrected chi connectivity index (χ3v) is 2.98. The molecule has 1 aromatic carbocycles. The van der Waals surface area contributed by atoms with E-state index in [4.69, 9.17) is 5.73 Å². The van der Waals surface area contributed by atoms with Gasteiger partial charge in [0.25, 0.3) is 0 Å². The van der Waals surface area contributed by atoms with Crippen molar-refractivity contribution in [1.82, 2.24) is 15.3 Å². The number of phenols is 1. The summed E-state index contributed by atoms with van der Waals surface area (Å²) in [5.74, 6) is 0.800. The third kappa shape index (κ3) is 5.02. The van der Waals surface area contributed by atoms with E-state index in [9.17, 15) is 5.11 Å². The van der Waals surface area contributed by atoms with E-state index in [0.717, 1.165) is 23.4 Å². The summed E-state index contributed by atoms with van der Waals surface area (Å²) in [7, 11) is 0. The molecule has 0 saturated carbocycles. The molecule has 0 aliphatic heterocycles. The molecule has 0 saturated heterocycles. The Kier molecular flexibility index (Phi) is 5.08. The number of aromatic hydroxyl groups is 1. The first-order chi connectivity index (χ1) is 10.0. The molecule has 0 aliphatic carbocycles. The second-order valence-electron chi connectivity index (χ2n) is 4.97. The highest BCUT2D eigenvalue weighted by molar-refractivity contribution is 5.28. The lowest BCUT2D eigenvalue weighted by Gasteiger charge is -2.16. The minimum Gasteiger partial charge on any atom is -0.508 e. The van der Waals surface area contributed by atoms with E-state index in [1.165, 1.54) is 0 Å². The summed E-state index contributed by atoms with van der Waals surface area (Å²) in [6.45, 7) is 4.55. The predicted octanol–water partition coefficient (Wildman–Crippen LogP) is 1.29. The van der Waals surface area contributed by atoms with Crippen molar-refractivity contribution >= 4 is 5.95 Å². The van der Waals surface area contributed by atoms with Crippen LogP contribution < -0.4 is 16.4 Å². The summed E-state index contributed by atoms with van der Waals surface area (Å²) in [4.78, 5) is 8.56. The van der Waals surface area contributed by atoms with Crippen molar-refractivity contribution in [2.75, 3.05) is 11.9 Å². The van der Waals surface area contributed by atoms with Crippen molar-refractivity contribution in [3.05, 3.63) is 47.3 Å². The third-order valence-electron chi connectivity index (χ3n) is 2.98. The molecule has 6 nitrogen and oxygen atoms in total. The normalized spacial score (nSPS) is 12.1. The number of anilines is 1. The van der Waals surface area contributed by atoms with Crippen molar-refractivity contribution in [3.63, 3.8) is 0 Å². The fourth-order valence-corrected chi connectivity index (χ4v) is 2.02. The van der Waals surface area contributed by atoms with Crippen molar-refractivity contribution in [1.29, 1.82) is 0 Å². The number of rotatable bonds is 6. The highest BCUT2D eigenvalue weighted by Gasteiger charge is 2.05. The number of nitrogens with two attached hydrogens (primary N) is 1. The van der Waals surface area contributed by atoms with Gasteiger partial charge in [0.05, 0.1) is 0 Å². The number of hydrogen-bond donors (Lipinski definition) is 4. The molecular weight excluding hydrogens is 266 g/mol. The molecule has 0 amide bonds. The second kappa shape index (κ2) is 7.01. The summed E-state index contributed by atoms with van der Waals surface area (Å²) < 4.78 is 0. The van der Waals surface area contributed by atoms with Gasteiger partial charge in [-0.05, 0) is 44.0 Å². The van der Waals surface area contributed by atoms with Crippen LogP contribution in [-0.4, -0.2) is 27.9 Å². The van der Waals surface area contributed by atoms with Crippen LogP contribution in [0.5, 0.6) is 5.75 Å². The summed E-state index contributed by atoms with van der Waals surface area (Å²) >= 11 is 0. The van der Waals surface area contributed by atoms with Crippen LogP contribution in [-0.2, 0) is 6.42 Å². The van der Waals surface area contributed by atoms with Crippen LogP contribution in [0.15, 0.2) is 30.3 Å². The largest absolute Gasteiger partial charge is 0.508 e. The summed E-state index contributed by atoms with van der Waals surface area (Å²) in [6.07, 6.45) is 0.409. The molecule has 112 valence electrons. The van der Waals surface area contributed by atoms with Crippen LogP contribution in [0.4, 0.5) is 5.95 Å². The smallest absolute Gasteiger partial charge is 0.225 e. The van der Waals surface area contributed by atoms with Gasteiger partial charge in [-0.2, -0.15) is 0 Å². The number of nitrogens with one attached hydrogen (secondary N) is 2. The maximum Gasteiger partial charge on any atom is 0.225 e. The topological polar surface area (TPSA) is 96.1 Å². The zero-order valence-electron chi connectivity index (χ0n) is 12.3. The Labute approximate surface area is 124 Å². The first-order valence-electron chi connectivity index (χ1n) is 6.88. The Bertz CT molecular complexity index is 565. The Morgan fingerprint density at radius 2 is 1.76 bits per heavy atom. The van der Waals surface area contributed by atoms with Crippen molar-refractivity contribution in [2.24, 2.45) is 5.73 Å². The molecule has 1 unspecified atom stereocenters. The first-order valence-corrected chi connectivity index (χ1v) is 6.88. The van der Waals surface area contributed by atoms with Crippen molar-refractivity contribution in [3.8, 4) is 5.75 Å². The number of aromatic nitrogens is 2. The molecule has 1 aromatic heterocycles. The molecule has 2 aromatic rings. The summed E-state index contributed by atoms with van der Waals surface area (Å²) in [5, 5.41) is 15.4. The zero-order valence-corrected chi connectivity index (χ0v) is 12.3. The van der Waals surface area contributed by atoms with E-state index in [1.54, 1.807) is 12.1 Å². The highest BCUT2D eigenvalue weighted by Crippen LogP contribution is 2.09. The number of benzene rings is 1. The monoisotopic (exact) mass is 287 g/mol. The van der Waals surface area contributed by atoms with Gasteiger partial charge in [-0.25, -0.2) is 9.97 Å². The van der Waals surface area contributed by atoms with Crippen LogP contribution in [0.3, 0.4) is 0 Å². The van der Waals surface area contributed by atoms with Gasteiger partial charge in [0.1, 0.15) is 12.0 Å². The molecule has 0 bridgehead atoms. The Hall–Kier alpha value is -2.18. The van der Waals surface area contributed by atoms with Gasteiger partial charge in [-0.1, -0.05) is 12.1 Å². The lowest BCUT2D eigenvalue weighted by molar-refractivity contribution is 0.475. The van der Waals surface area contributed by atoms with Crippen LogP contribution in [0, 0.1) is 13.8 Å². The van der Waals surface area contributed by atoms with Crippen molar-refractivity contribution < 1.29 is 5.11 Å². The molecule has 0 spiro atoms. The number of phenolic OH excluding ortho intramolecular Hbond substituents is 1. The number of hydrogen-bond acceptors (Lipinski definition) is 6. The van der Waals surface area contributed by atoms with Gasteiger partial charge >= 0.3 is 0 Å². The number of nitrogens with zero attached hydrogens (tertiary/aromatic N) is 2. The molecular formula is C15H21N5O. The maximum absolute atomic E-state index is 9.22. The predicted molar refractivity (Wildman–Crippen MR) is 82.9 cm³/mol. The second-order valence-corrected chi connectivity index (χ2v) is 4.97. The van der Waals surface area contributed by atoms with E-state index in [-0.39, 0.29) is 5.75 Å². The van der Waals surface area contributed by atoms with Gasteiger partial charge in [0.15, 0.2) is 0 Å². The molecule has 0 aliphatic rings. The fourth-order valence-electron chi connectivity index (χ4n) is 2.02. The molecule has 0 radical (unpaired) electrons. The first kappa shape index (κ1) is 15.2. The quantitative estimate of drug-likeness (QED) is 0.598. The van der Waals surface area contributed by atoms with Gasteiger partial charge in [-0.15, -0.1) is 0 Å². The lowest BCUT2D eigenvalue weighted by atomic mass is 10.1. The summed E-state index contributed by atoms with van der Waals surface area (Å²) in [5.41, 5.74) is 8.89. The van der Waals surface area contributed by atoms with Gasteiger partial charge in [0.2, 0.25) is 5.95 Å². The molecule has 2 rings (SSSR count). The van der Waals surface area contributed by atoms with Crippen LogP contribution in [0.2, 0.25) is 0 Å². The van der Waals surface area contributed by atoms with Crippen LogP contribution >= 0.6 is 0 Å². The van der Waals surface area contributed by atoms with E-state index in [0.29, 0.717) is 12.5 Å². The fraction of sp³-hybridized carbons (Fsp3) is 0.333. The average molecular weight is 287 g/mol. The van der Waals surface area contributed by atoms with E-state index in [1.807, 2.05) is 32.0 Å². The minimum atomic E-state index is -0.414. The van der Waals surface area contributed by atoms with E-state index < -0.39 is 6.29 Å². The van der Waals surface area contributed by atoms with E-state index >= 15 is 0 Å². The maximum atomic E-state index is 9.22. The Morgan fingerprint density at radius 3 is 2.38 bits per heavy atom. The van der Waals surface area contributed by atoms with Gasteiger partial charge in [-0.3, -0.25) is 11.1 Å². The lowest BCUT2D eigenvalue weighted by Crippen LogP contribution is -2.45. The summed E-state index contributed by atoms with van der Waals surface area (Å²) in [6, 6.07) is 9.05. The molecule has 0 fully saturated rings. The molecule has 1 atom stereocenters. The van der Waals surface area contributed by atoms with Crippen molar-refractivity contribution in [2.45, 2.75) is 26.6 Å². The Balaban J connectivity index is 1.79. The Morgan fingerprint density at radius 1 is 1.14 bits per heavy atom. The zero-order chi connectivity index (χ0) is 15.2. The highest BCUT2D eigenvalue weighted by atomic mass is 16.3. The minimum absolute atomic E-state index is 0.275. The molecule has 1 heterocycles. The molecule has 5 N–H and O–H groups in total. The SMILES string of the molecule is Cc1cc(C)nc(NC(N)NCCc2ccc(O)cc2)n1. The van der Waals surface area contributed by atoms with Crippen LogP contribution in [0.1, 0.15) is 17.0 Å². The molecule has 6 heteroatoms. The van der Waals surface area contributed by atoms with Gasteiger partial charge < -0.3 is 10.4 Å². The number of aryl methyl sites for hydroxylation is 2. The average Bonchev–Trinajstić information content (AvgIpc) is 2.39. The van der Waals surface area contributed by atoms with E-state index in [2.05, 4.69) is 20.6 Å².